The Morgan fingerprint density at radius 2 is 1.90 bits per heavy atom. The number of amides is 1. The van der Waals surface area contributed by atoms with E-state index >= 15 is 0 Å². The van der Waals surface area contributed by atoms with Crippen molar-refractivity contribution in [3.63, 3.8) is 0 Å². The molecule has 1 fully saturated rings. The third-order valence-electron chi connectivity index (χ3n) is 5.49. The molecule has 2 heterocycles. The third kappa shape index (κ3) is 3.39. The number of pyridine rings is 1. The van der Waals surface area contributed by atoms with Crippen molar-refractivity contribution in [3.8, 4) is 11.1 Å². The summed E-state index contributed by atoms with van der Waals surface area (Å²) >= 11 is 0. The molecule has 0 bridgehead atoms. The Morgan fingerprint density at radius 3 is 2.55 bits per heavy atom. The molecule has 31 heavy (non-hydrogen) atoms. The molecule has 0 saturated heterocycles. The monoisotopic (exact) mass is 421 g/mol. The number of hydrogen-bond donors (Lipinski definition) is 1. The van der Waals surface area contributed by atoms with Crippen LogP contribution in [0.5, 0.6) is 0 Å². The zero-order chi connectivity index (χ0) is 21.7. The number of hydrogen-bond acceptors (Lipinski definition) is 4. The number of aromatic nitrogens is 2. The molecule has 4 aromatic rings. The predicted molar refractivity (Wildman–Crippen MR) is 111 cm³/mol. The van der Waals surface area contributed by atoms with Gasteiger partial charge in [0.05, 0.1) is 5.52 Å². The number of rotatable bonds is 4. The van der Waals surface area contributed by atoms with Gasteiger partial charge in [0.2, 0.25) is 0 Å². The minimum Gasteiger partial charge on any atom is -0.408 e. The van der Waals surface area contributed by atoms with Gasteiger partial charge in [-0.05, 0) is 66.3 Å². The molecular formula is C23H17F2N3O3. The first-order valence-corrected chi connectivity index (χ1v) is 9.77. The second kappa shape index (κ2) is 7.16. The summed E-state index contributed by atoms with van der Waals surface area (Å²) < 4.78 is 34.4. The van der Waals surface area contributed by atoms with Gasteiger partial charge in [0.15, 0.2) is 5.58 Å². The largest absolute Gasteiger partial charge is 0.419 e. The summed E-state index contributed by atoms with van der Waals surface area (Å²) in [6.45, 7) is 0. The average Bonchev–Trinajstić information content (AvgIpc) is 3.54. The number of carbonyl (C=O) groups is 1. The molecule has 1 saturated carbocycles. The summed E-state index contributed by atoms with van der Waals surface area (Å²) in [5.74, 6) is -2.65. The molecule has 5 rings (SSSR count). The van der Waals surface area contributed by atoms with Crippen LogP contribution in [0.25, 0.3) is 22.2 Å². The maximum absolute atomic E-state index is 13.8. The zero-order valence-electron chi connectivity index (χ0n) is 16.5. The molecule has 1 aliphatic carbocycles. The lowest BCUT2D eigenvalue weighted by Gasteiger charge is -2.11. The van der Waals surface area contributed by atoms with E-state index in [1.807, 2.05) is 12.1 Å². The second-order valence-corrected chi connectivity index (χ2v) is 7.59. The van der Waals surface area contributed by atoms with Crippen LogP contribution in [0.15, 0.2) is 57.9 Å². The van der Waals surface area contributed by atoms with Crippen molar-refractivity contribution in [3.05, 3.63) is 82.0 Å². The normalized spacial score (nSPS) is 13.5. The Morgan fingerprint density at radius 1 is 1.16 bits per heavy atom. The molecule has 0 unspecified atom stereocenters. The van der Waals surface area contributed by atoms with Crippen LogP contribution < -0.4 is 11.1 Å². The molecule has 6 nitrogen and oxygen atoms in total. The van der Waals surface area contributed by atoms with Crippen molar-refractivity contribution < 1.29 is 18.0 Å². The standard InChI is InChI=1S/C23H17F2N3O3/c1-28-18-9-14(12-5-6-12)15(10-19(18)31-23(28)30)13-7-8-20(26-11-13)27-22(29)21-16(24)3-2-4-17(21)25/h2-4,7-12H,5-6H2,1H3,(H,26,27,29). The highest BCUT2D eigenvalue weighted by Crippen LogP contribution is 2.45. The van der Waals surface area contributed by atoms with Gasteiger partial charge in [-0.3, -0.25) is 9.36 Å². The Labute approximate surface area is 175 Å². The molecule has 1 N–H and O–H groups in total. The fourth-order valence-corrected chi connectivity index (χ4v) is 3.69. The lowest BCUT2D eigenvalue weighted by Crippen LogP contribution is -2.16. The van der Waals surface area contributed by atoms with Gasteiger partial charge in [-0.1, -0.05) is 6.07 Å². The summed E-state index contributed by atoms with van der Waals surface area (Å²) in [7, 11) is 1.67. The van der Waals surface area contributed by atoms with E-state index in [4.69, 9.17) is 4.42 Å². The van der Waals surface area contributed by atoms with Crippen LogP contribution in [-0.4, -0.2) is 15.5 Å². The van der Waals surface area contributed by atoms with E-state index in [0.717, 1.165) is 47.2 Å². The molecule has 1 aliphatic rings. The summed E-state index contributed by atoms with van der Waals surface area (Å²) in [6.07, 6.45) is 3.71. The SMILES string of the molecule is Cn1c(=O)oc2cc(-c3ccc(NC(=O)c4c(F)cccc4F)nc3)c(C3CC3)cc21. The smallest absolute Gasteiger partial charge is 0.408 e. The molecule has 0 spiro atoms. The van der Waals surface area contributed by atoms with E-state index in [2.05, 4.69) is 10.3 Å². The molecule has 2 aromatic carbocycles. The number of carbonyl (C=O) groups excluding carboxylic acids is 1. The van der Waals surface area contributed by atoms with Crippen LogP contribution in [-0.2, 0) is 7.05 Å². The second-order valence-electron chi connectivity index (χ2n) is 7.59. The van der Waals surface area contributed by atoms with Crippen LogP contribution in [0.3, 0.4) is 0 Å². The number of nitrogens with zero attached hydrogens (tertiary/aromatic N) is 2. The molecule has 2 aromatic heterocycles. The Balaban J connectivity index is 1.48. The van der Waals surface area contributed by atoms with E-state index < -0.39 is 28.9 Å². The highest BCUT2D eigenvalue weighted by molar-refractivity contribution is 6.04. The fourth-order valence-electron chi connectivity index (χ4n) is 3.69. The van der Waals surface area contributed by atoms with E-state index in [1.54, 1.807) is 25.4 Å². The fraction of sp³-hybridized carbons (Fsp3) is 0.174. The number of fused-ring (bicyclic) bond motifs is 1. The van der Waals surface area contributed by atoms with Crippen molar-refractivity contribution in [2.75, 3.05) is 5.32 Å². The van der Waals surface area contributed by atoms with Gasteiger partial charge in [-0.25, -0.2) is 18.6 Å². The Bertz CT molecular complexity index is 1370. The van der Waals surface area contributed by atoms with E-state index in [-0.39, 0.29) is 5.82 Å². The van der Waals surface area contributed by atoms with Crippen LogP contribution >= 0.6 is 0 Å². The molecule has 156 valence electrons. The van der Waals surface area contributed by atoms with Crippen molar-refractivity contribution in [1.82, 2.24) is 9.55 Å². The minimum atomic E-state index is -0.944. The number of halogens is 2. The van der Waals surface area contributed by atoms with Gasteiger partial charge < -0.3 is 9.73 Å². The van der Waals surface area contributed by atoms with Gasteiger partial charge in [0.25, 0.3) is 5.91 Å². The molecule has 0 radical (unpaired) electrons. The molecule has 0 aliphatic heterocycles. The average molecular weight is 421 g/mol. The van der Waals surface area contributed by atoms with Crippen molar-refractivity contribution in [2.24, 2.45) is 7.05 Å². The van der Waals surface area contributed by atoms with Gasteiger partial charge in [0, 0.05) is 18.8 Å². The van der Waals surface area contributed by atoms with E-state index in [9.17, 15) is 18.4 Å². The number of aryl methyl sites for hydroxylation is 1. The van der Waals surface area contributed by atoms with Crippen LogP contribution in [0.2, 0.25) is 0 Å². The van der Waals surface area contributed by atoms with Gasteiger partial charge in [-0.15, -0.1) is 0 Å². The van der Waals surface area contributed by atoms with Gasteiger partial charge >= 0.3 is 5.76 Å². The van der Waals surface area contributed by atoms with Crippen LogP contribution in [0, 0.1) is 11.6 Å². The molecular weight excluding hydrogens is 404 g/mol. The maximum atomic E-state index is 13.8. The zero-order valence-corrected chi connectivity index (χ0v) is 16.5. The minimum absolute atomic E-state index is 0.164. The van der Waals surface area contributed by atoms with Crippen molar-refractivity contribution in [2.45, 2.75) is 18.8 Å². The number of anilines is 1. The quantitative estimate of drug-likeness (QED) is 0.522. The number of benzene rings is 2. The molecule has 1 amide bonds. The first-order chi connectivity index (χ1) is 14.9. The molecule has 8 heteroatoms. The summed E-state index contributed by atoms with van der Waals surface area (Å²) in [6, 6.07) is 10.4. The maximum Gasteiger partial charge on any atom is 0.419 e. The van der Waals surface area contributed by atoms with Crippen molar-refractivity contribution >= 4 is 22.8 Å². The summed E-state index contributed by atoms with van der Waals surface area (Å²) in [4.78, 5) is 28.4. The topological polar surface area (TPSA) is 77.1 Å². The number of nitrogens with one attached hydrogen (secondary N) is 1. The first kappa shape index (κ1) is 19.2. The van der Waals surface area contributed by atoms with Gasteiger partial charge in [0.1, 0.15) is 23.0 Å². The highest BCUT2D eigenvalue weighted by Gasteiger charge is 2.28. The summed E-state index contributed by atoms with van der Waals surface area (Å²) in [5, 5.41) is 2.42. The van der Waals surface area contributed by atoms with Crippen LogP contribution in [0.4, 0.5) is 14.6 Å². The van der Waals surface area contributed by atoms with Gasteiger partial charge in [-0.2, -0.15) is 0 Å². The Hall–Kier alpha value is -3.81. The Kier molecular flexibility index (Phi) is 4.43. The van der Waals surface area contributed by atoms with Crippen LogP contribution in [0.1, 0.15) is 34.7 Å². The third-order valence-corrected chi connectivity index (χ3v) is 5.49. The predicted octanol–water partition coefficient (Wildman–Crippen LogP) is 4.60. The summed E-state index contributed by atoms with van der Waals surface area (Å²) in [5.41, 5.74) is 3.35. The molecule has 0 atom stereocenters. The lowest BCUT2D eigenvalue weighted by molar-refractivity contribution is 0.101. The first-order valence-electron chi connectivity index (χ1n) is 9.77. The van der Waals surface area contributed by atoms with Crippen molar-refractivity contribution in [1.29, 1.82) is 0 Å². The van der Waals surface area contributed by atoms with E-state index in [0.29, 0.717) is 11.5 Å². The number of oxazole rings is 1. The van der Waals surface area contributed by atoms with E-state index in [1.165, 1.54) is 10.6 Å². The lowest BCUT2D eigenvalue weighted by atomic mass is 9.97. The highest BCUT2D eigenvalue weighted by atomic mass is 19.1.